The van der Waals surface area contributed by atoms with Gasteiger partial charge in [0.25, 0.3) is 0 Å². The van der Waals surface area contributed by atoms with Crippen LogP contribution >= 0.6 is 31.9 Å². The van der Waals surface area contributed by atoms with Gasteiger partial charge in [-0.3, -0.25) is 5.41 Å². The van der Waals surface area contributed by atoms with Crippen LogP contribution < -0.4 is 0 Å². The van der Waals surface area contributed by atoms with E-state index in [1.54, 1.807) is 0 Å². The van der Waals surface area contributed by atoms with Crippen molar-refractivity contribution in [3.8, 4) is 0 Å². The first-order valence-electron chi connectivity index (χ1n) is 18.0. The van der Waals surface area contributed by atoms with Crippen LogP contribution in [0.3, 0.4) is 0 Å². The Morgan fingerprint density at radius 3 is 1.40 bits per heavy atom. The second-order valence-corrected chi connectivity index (χ2v) is 19.8. The number of guanidine groups is 1. The standard InChI is InChI=1S/C45H57Br2N3/c1-42(2,3)33-25-32(37(46)35(26-33)44(7,8)9)28-50-40(30-21-17-14-18-22-30)39(29-19-15-13-16-20-29)49(41(50)48)27-31-23-24-34(43(4,5)6)36(38(31)47)45(10,11)12/h13-26,39-40,48H,27-28H2,1-12H3/t39-,40-/m0/s1. The van der Waals surface area contributed by atoms with E-state index in [-0.39, 0.29) is 33.7 Å². The average molecular weight is 800 g/mol. The number of rotatable bonds is 6. The molecule has 1 heterocycles. The van der Waals surface area contributed by atoms with Crippen LogP contribution in [-0.4, -0.2) is 15.8 Å². The van der Waals surface area contributed by atoms with Gasteiger partial charge in [0.05, 0.1) is 12.1 Å². The quantitative estimate of drug-likeness (QED) is 0.211. The molecule has 1 fully saturated rings. The minimum absolute atomic E-state index is 0.00663. The molecule has 5 heteroatoms. The second kappa shape index (κ2) is 13.9. The molecule has 1 N–H and O–H groups in total. The summed E-state index contributed by atoms with van der Waals surface area (Å²) in [5, 5.41) is 10.1. The third-order valence-corrected chi connectivity index (χ3v) is 11.9. The molecule has 2 atom stereocenters. The highest BCUT2D eigenvalue weighted by atomic mass is 79.9. The summed E-state index contributed by atoms with van der Waals surface area (Å²) in [5.74, 6) is 0.544. The van der Waals surface area contributed by atoms with E-state index in [0.29, 0.717) is 19.0 Å². The third kappa shape index (κ3) is 7.80. The molecule has 0 amide bonds. The van der Waals surface area contributed by atoms with E-state index >= 15 is 0 Å². The van der Waals surface area contributed by atoms with Crippen molar-refractivity contribution >= 4 is 37.8 Å². The minimum Gasteiger partial charge on any atom is -0.329 e. The Bertz CT molecular complexity index is 1830. The molecular weight excluding hydrogens is 742 g/mol. The molecule has 5 rings (SSSR count). The monoisotopic (exact) mass is 797 g/mol. The normalized spacial score (nSPS) is 17.5. The molecule has 1 aliphatic heterocycles. The van der Waals surface area contributed by atoms with E-state index in [0.717, 1.165) is 8.95 Å². The molecule has 1 saturated heterocycles. The highest BCUT2D eigenvalue weighted by Gasteiger charge is 2.46. The number of benzene rings is 4. The van der Waals surface area contributed by atoms with Crippen molar-refractivity contribution in [3.63, 3.8) is 0 Å². The summed E-state index contributed by atoms with van der Waals surface area (Å²) in [6, 6.07) is 30.9. The predicted octanol–water partition coefficient (Wildman–Crippen LogP) is 13.1. The molecule has 0 aromatic heterocycles. The van der Waals surface area contributed by atoms with Crippen LogP contribution in [-0.2, 0) is 34.7 Å². The van der Waals surface area contributed by atoms with Gasteiger partial charge in [-0.05, 0) is 66.2 Å². The Morgan fingerprint density at radius 2 is 0.980 bits per heavy atom. The predicted molar refractivity (Wildman–Crippen MR) is 220 cm³/mol. The maximum Gasteiger partial charge on any atom is 0.195 e. The number of nitrogens with one attached hydrogen (secondary N) is 1. The smallest absolute Gasteiger partial charge is 0.195 e. The van der Waals surface area contributed by atoms with Crippen molar-refractivity contribution < 1.29 is 0 Å². The molecule has 4 aromatic carbocycles. The largest absolute Gasteiger partial charge is 0.329 e. The number of halogens is 2. The summed E-state index contributed by atoms with van der Waals surface area (Å²) in [4.78, 5) is 4.68. The molecule has 0 aliphatic carbocycles. The van der Waals surface area contributed by atoms with Crippen LogP contribution in [0.25, 0.3) is 0 Å². The lowest BCUT2D eigenvalue weighted by molar-refractivity contribution is 0.262. The lowest BCUT2D eigenvalue weighted by atomic mass is 9.74. The van der Waals surface area contributed by atoms with Gasteiger partial charge in [-0.1, -0.05) is 200 Å². The van der Waals surface area contributed by atoms with Crippen molar-refractivity contribution in [1.29, 1.82) is 5.41 Å². The Labute approximate surface area is 319 Å². The molecule has 1 aliphatic rings. The summed E-state index contributed by atoms with van der Waals surface area (Å²) in [7, 11) is 0. The Hall–Kier alpha value is -2.89. The van der Waals surface area contributed by atoms with Crippen LogP contribution in [0.15, 0.2) is 93.9 Å². The zero-order valence-corrected chi connectivity index (χ0v) is 35.5. The average Bonchev–Trinajstić information content (AvgIpc) is 3.27. The summed E-state index contributed by atoms with van der Waals surface area (Å²) in [6.45, 7) is 28.8. The van der Waals surface area contributed by atoms with Crippen LogP contribution in [0, 0.1) is 5.41 Å². The SMILES string of the molecule is CC(C)(C)c1cc(CN2C(=N)N(Cc3ccc(C(C)(C)C)c(C(C)(C)C)c3Br)[C@@H](c3ccccc3)[C@@H]2c2ccccc2)c(Br)c(C(C)(C)C)c1. The zero-order chi connectivity index (χ0) is 37.0. The maximum absolute atomic E-state index is 10.1. The first-order chi connectivity index (χ1) is 23.1. The van der Waals surface area contributed by atoms with Crippen LogP contribution in [0.4, 0.5) is 0 Å². The molecular formula is C45H57Br2N3. The van der Waals surface area contributed by atoms with Crippen molar-refractivity contribution in [3.05, 3.63) is 138 Å². The molecule has 0 spiro atoms. The van der Waals surface area contributed by atoms with Crippen molar-refractivity contribution in [1.82, 2.24) is 9.80 Å². The minimum atomic E-state index is -0.0657. The fourth-order valence-electron chi connectivity index (χ4n) is 7.39. The van der Waals surface area contributed by atoms with Gasteiger partial charge in [-0.15, -0.1) is 0 Å². The van der Waals surface area contributed by atoms with E-state index in [1.807, 2.05) is 0 Å². The van der Waals surface area contributed by atoms with Gasteiger partial charge >= 0.3 is 0 Å². The van der Waals surface area contributed by atoms with Gasteiger partial charge in [0.15, 0.2) is 5.96 Å². The number of nitrogens with zero attached hydrogens (tertiary/aromatic N) is 2. The van der Waals surface area contributed by atoms with Gasteiger partial charge in [0.2, 0.25) is 0 Å². The molecule has 0 unspecified atom stereocenters. The zero-order valence-electron chi connectivity index (χ0n) is 32.3. The molecule has 0 saturated carbocycles. The molecule has 50 heavy (non-hydrogen) atoms. The maximum atomic E-state index is 10.1. The van der Waals surface area contributed by atoms with E-state index in [1.165, 1.54) is 44.5 Å². The van der Waals surface area contributed by atoms with Crippen molar-refractivity contribution in [2.24, 2.45) is 0 Å². The topological polar surface area (TPSA) is 30.3 Å². The second-order valence-electron chi connectivity index (χ2n) is 18.2. The lowest BCUT2D eigenvalue weighted by Crippen LogP contribution is -2.33. The van der Waals surface area contributed by atoms with Gasteiger partial charge in [0.1, 0.15) is 0 Å². The highest BCUT2D eigenvalue weighted by molar-refractivity contribution is 9.11. The molecule has 266 valence electrons. The van der Waals surface area contributed by atoms with Crippen molar-refractivity contribution in [2.45, 2.75) is 130 Å². The van der Waals surface area contributed by atoms with Crippen LogP contribution in [0.5, 0.6) is 0 Å². The van der Waals surface area contributed by atoms with Gasteiger partial charge in [-0.2, -0.15) is 0 Å². The molecule has 4 aromatic rings. The van der Waals surface area contributed by atoms with Crippen LogP contribution in [0.1, 0.15) is 140 Å². The van der Waals surface area contributed by atoms with Crippen LogP contribution in [0.2, 0.25) is 0 Å². The Balaban J connectivity index is 1.71. The Kier molecular flexibility index (Phi) is 10.7. The lowest BCUT2D eigenvalue weighted by Gasteiger charge is -2.34. The first kappa shape index (κ1) is 38.3. The summed E-state index contributed by atoms with van der Waals surface area (Å²) in [6.07, 6.45) is 0. The third-order valence-electron chi connectivity index (χ3n) is 10.1. The van der Waals surface area contributed by atoms with Gasteiger partial charge in [0, 0.05) is 22.0 Å². The number of hydrogen-bond donors (Lipinski definition) is 1. The highest BCUT2D eigenvalue weighted by Crippen LogP contribution is 2.49. The van der Waals surface area contributed by atoms with E-state index < -0.39 is 0 Å². The van der Waals surface area contributed by atoms with E-state index in [2.05, 4.69) is 210 Å². The fraction of sp³-hybridized carbons (Fsp3) is 0.444. The van der Waals surface area contributed by atoms with Crippen molar-refractivity contribution in [2.75, 3.05) is 0 Å². The van der Waals surface area contributed by atoms with Gasteiger partial charge in [-0.25, -0.2) is 0 Å². The molecule has 0 radical (unpaired) electrons. The van der Waals surface area contributed by atoms with E-state index in [4.69, 9.17) is 0 Å². The summed E-state index contributed by atoms with van der Waals surface area (Å²) >= 11 is 8.23. The summed E-state index contributed by atoms with van der Waals surface area (Å²) < 4.78 is 2.30. The van der Waals surface area contributed by atoms with Gasteiger partial charge < -0.3 is 9.80 Å². The summed E-state index contributed by atoms with van der Waals surface area (Å²) in [5.41, 5.74) is 10.1. The fourth-order valence-corrected chi connectivity index (χ4v) is 9.40. The number of hydrogen-bond acceptors (Lipinski definition) is 1. The molecule has 0 bridgehead atoms. The first-order valence-corrected chi connectivity index (χ1v) is 19.6. The Morgan fingerprint density at radius 1 is 0.520 bits per heavy atom. The van der Waals surface area contributed by atoms with E-state index in [9.17, 15) is 5.41 Å². The molecule has 3 nitrogen and oxygen atoms in total.